The molecule has 1 atom stereocenters. The Morgan fingerprint density at radius 1 is 1.47 bits per heavy atom. The second-order valence-corrected chi connectivity index (χ2v) is 6.57. The van der Waals surface area contributed by atoms with Gasteiger partial charge in [0.25, 0.3) is 0 Å². The van der Waals surface area contributed by atoms with E-state index in [9.17, 15) is 0 Å². The summed E-state index contributed by atoms with van der Waals surface area (Å²) in [5, 5.41) is 4.46. The lowest BCUT2D eigenvalue weighted by atomic mass is 10.1. The molecule has 1 aromatic carbocycles. The molecular formula is C13H17BrN2S. The maximum absolute atomic E-state index is 4.71. The number of aliphatic imine (C=N–C) groups is 1. The molecular weight excluding hydrogens is 296 g/mol. The minimum Gasteiger partial charge on any atom is -0.335 e. The van der Waals surface area contributed by atoms with Gasteiger partial charge in [0, 0.05) is 15.9 Å². The standard InChI is InChI=1S/C13H17BrN2S/c1-8(2)12-7-17-13(16-12)15-11-6-10(14)5-4-9(11)3/h4-6,8,12H,7H2,1-3H3,(H,15,16)/t12-/m1/s1. The Kier molecular flexibility index (Phi) is 4.15. The molecule has 2 nitrogen and oxygen atoms in total. The monoisotopic (exact) mass is 312 g/mol. The number of aryl methyl sites for hydroxylation is 1. The van der Waals surface area contributed by atoms with Crippen LogP contribution in [0.5, 0.6) is 0 Å². The molecule has 0 saturated heterocycles. The van der Waals surface area contributed by atoms with Crippen LogP contribution in [0.25, 0.3) is 0 Å². The fourth-order valence-electron chi connectivity index (χ4n) is 1.64. The second-order valence-electron chi connectivity index (χ2n) is 4.64. The maximum Gasteiger partial charge on any atom is 0.161 e. The molecule has 1 aliphatic rings. The third-order valence-electron chi connectivity index (χ3n) is 2.88. The highest BCUT2D eigenvalue weighted by molar-refractivity contribution is 9.10. The summed E-state index contributed by atoms with van der Waals surface area (Å²) >= 11 is 5.31. The van der Waals surface area contributed by atoms with E-state index in [1.807, 2.05) is 11.8 Å². The Balaban J connectivity index is 2.11. The third-order valence-corrected chi connectivity index (χ3v) is 4.37. The van der Waals surface area contributed by atoms with Crippen molar-refractivity contribution in [1.29, 1.82) is 0 Å². The van der Waals surface area contributed by atoms with E-state index in [1.54, 1.807) is 0 Å². The molecule has 0 bridgehead atoms. The molecule has 0 saturated carbocycles. The molecule has 0 aliphatic carbocycles. The van der Waals surface area contributed by atoms with Gasteiger partial charge in [0.15, 0.2) is 5.17 Å². The van der Waals surface area contributed by atoms with E-state index >= 15 is 0 Å². The van der Waals surface area contributed by atoms with Crippen molar-refractivity contribution >= 4 is 38.5 Å². The van der Waals surface area contributed by atoms with Crippen LogP contribution in [0.4, 0.5) is 5.69 Å². The largest absolute Gasteiger partial charge is 0.335 e. The first-order valence-corrected chi connectivity index (χ1v) is 7.58. The van der Waals surface area contributed by atoms with Crippen LogP contribution < -0.4 is 5.32 Å². The summed E-state index contributed by atoms with van der Waals surface area (Å²) in [4.78, 5) is 4.71. The van der Waals surface area contributed by atoms with Gasteiger partial charge in [-0.2, -0.15) is 0 Å². The topological polar surface area (TPSA) is 24.4 Å². The van der Waals surface area contributed by atoms with E-state index in [0.717, 1.165) is 21.1 Å². The predicted molar refractivity (Wildman–Crippen MR) is 81.0 cm³/mol. The normalized spacial score (nSPS) is 19.6. The highest BCUT2D eigenvalue weighted by Crippen LogP contribution is 2.27. The molecule has 1 heterocycles. The van der Waals surface area contributed by atoms with Crippen molar-refractivity contribution in [3.63, 3.8) is 0 Å². The highest BCUT2D eigenvalue weighted by atomic mass is 79.9. The van der Waals surface area contributed by atoms with Crippen LogP contribution in [0.2, 0.25) is 0 Å². The van der Waals surface area contributed by atoms with E-state index < -0.39 is 0 Å². The lowest BCUT2D eigenvalue weighted by molar-refractivity contribution is 0.543. The summed E-state index contributed by atoms with van der Waals surface area (Å²) < 4.78 is 1.09. The first-order valence-electron chi connectivity index (χ1n) is 5.80. The van der Waals surface area contributed by atoms with Crippen LogP contribution in [0.15, 0.2) is 27.7 Å². The summed E-state index contributed by atoms with van der Waals surface area (Å²) in [6.45, 7) is 6.55. The second kappa shape index (κ2) is 5.44. The predicted octanol–water partition coefficient (Wildman–Crippen LogP) is 4.30. The zero-order valence-corrected chi connectivity index (χ0v) is 12.7. The zero-order valence-electron chi connectivity index (χ0n) is 10.3. The molecule has 1 aromatic rings. The van der Waals surface area contributed by atoms with Gasteiger partial charge in [0.05, 0.1) is 6.04 Å². The molecule has 0 unspecified atom stereocenters. The number of benzene rings is 1. The lowest BCUT2D eigenvalue weighted by Crippen LogP contribution is -2.12. The lowest BCUT2D eigenvalue weighted by Gasteiger charge is -2.09. The first kappa shape index (κ1) is 13.0. The molecule has 0 radical (unpaired) electrons. The smallest absolute Gasteiger partial charge is 0.161 e. The molecule has 1 N–H and O–H groups in total. The molecule has 4 heteroatoms. The fourth-order valence-corrected chi connectivity index (χ4v) is 3.18. The zero-order chi connectivity index (χ0) is 12.4. The molecule has 92 valence electrons. The van der Waals surface area contributed by atoms with E-state index in [1.165, 1.54) is 5.56 Å². The van der Waals surface area contributed by atoms with E-state index in [0.29, 0.717) is 12.0 Å². The summed E-state index contributed by atoms with van der Waals surface area (Å²) in [5.74, 6) is 1.71. The summed E-state index contributed by atoms with van der Waals surface area (Å²) in [5.41, 5.74) is 2.37. The Bertz CT molecular complexity index is 443. The van der Waals surface area contributed by atoms with Crippen LogP contribution in [0, 0.1) is 12.8 Å². The number of nitrogens with one attached hydrogen (secondary N) is 1. The fraction of sp³-hybridized carbons (Fsp3) is 0.462. The van der Waals surface area contributed by atoms with Gasteiger partial charge >= 0.3 is 0 Å². The van der Waals surface area contributed by atoms with Gasteiger partial charge in [-0.1, -0.05) is 47.6 Å². The van der Waals surface area contributed by atoms with Crippen molar-refractivity contribution in [2.45, 2.75) is 26.8 Å². The van der Waals surface area contributed by atoms with Crippen molar-refractivity contribution in [1.82, 2.24) is 0 Å². The van der Waals surface area contributed by atoms with Crippen LogP contribution in [-0.2, 0) is 0 Å². The number of rotatable bonds is 2. The van der Waals surface area contributed by atoms with Crippen molar-refractivity contribution < 1.29 is 0 Å². The number of halogens is 1. The molecule has 0 spiro atoms. The van der Waals surface area contributed by atoms with E-state index in [2.05, 4.69) is 60.2 Å². The van der Waals surface area contributed by atoms with Gasteiger partial charge in [0.2, 0.25) is 0 Å². The first-order chi connectivity index (χ1) is 8.06. The number of hydrogen-bond donors (Lipinski definition) is 1. The van der Waals surface area contributed by atoms with Gasteiger partial charge in [-0.25, -0.2) is 0 Å². The van der Waals surface area contributed by atoms with Crippen LogP contribution in [0.1, 0.15) is 19.4 Å². The van der Waals surface area contributed by atoms with Gasteiger partial charge in [-0.3, -0.25) is 4.99 Å². The Morgan fingerprint density at radius 2 is 2.24 bits per heavy atom. The van der Waals surface area contributed by atoms with Gasteiger partial charge in [0.1, 0.15) is 0 Å². The minimum atomic E-state index is 0.454. The van der Waals surface area contributed by atoms with Crippen LogP contribution >= 0.6 is 27.7 Å². The Labute approximate surface area is 115 Å². The Hall–Kier alpha value is -0.480. The third kappa shape index (κ3) is 3.26. The van der Waals surface area contributed by atoms with Gasteiger partial charge < -0.3 is 5.32 Å². The van der Waals surface area contributed by atoms with E-state index in [-0.39, 0.29) is 0 Å². The Morgan fingerprint density at radius 3 is 2.88 bits per heavy atom. The number of hydrogen-bond acceptors (Lipinski definition) is 3. The maximum atomic E-state index is 4.71. The van der Waals surface area contributed by atoms with Gasteiger partial charge in [-0.15, -0.1) is 0 Å². The molecule has 1 aliphatic heterocycles. The average molecular weight is 313 g/mol. The van der Waals surface area contributed by atoms with Crippen LogP contribution in [0.3, 0.4) is 0 Å². The van der Waals surface area contributed by atoms with Crippen molar-refractivity contribution in [2.24, 2.45) is 10.9 Å². The number of nitrogens with zero attached hydrogens (tertiary/aromatic N) is 1. The molecule has 0 amide bonds. The molecule has 0 fully saturated rings. The average Bonchev–Trinajstić information content (AvgIpc) is 2.72. The summed E-state index contributed by atoms with van der Waals surface area (Å²) in [6.07, 6.45) is 0. The van der Waals surface area contributed by atoms with Crippen molar-refractivity contribution in [3.05, 3.63) is 28.2 Å². The highest BCUT2D eigenvalue weighted by Gasteiger charge is 2.21. The van der Waals surface area contributed by atoms with Crippen molar-refractivity contribution in [2.75, 3.05) is 11.1 Å². The molecule has 2 rings (SSSR count). The molecule has 17 heavy (non-hydrogen) atoms. The summed E-state index contributed by atoms with van der Waals surface area (Å²) in [7, 11) is 0. The minimum absolute atomic E-state index is 0.454. The van der Waals surface area contributed by atoms with E-state index in [4.69, 9.17) is 4.99 Å². The molecule has 0 aromatic heterocycles. The van der Waals surface area contributed by atoms with Gasteiger partial charge in [-0.05, 0) is 30.5 Å². The van der Waals surface area contributed by atoms with Crippen molar-refractivity contribution in [3.8, 4) is 0 Å². The quantitative estimate of drug-likeness (QED) is 0.880. The van der Waals surface area contributed by atoms with Crippen LogP contribution in [-0.4, -0.2) is 17.0 Å². The number of amidine groups is 1. The SMILES string of the molecule is Cc1ccc(Br)cc1NC1=N[C@@H](C(C)C)CS1. The number of anilines is 1. The summed E-state index contributed by atoms with van der Waals surface area (Å²) in [6, 6.07) is 6.71. The number of thioether (sulfide) groups is 1.